The minimum atomic E-state index is -1.11. The predicted molar refractivity (Wildman–Crippen MR) is 153 cm³/mol. The molecule has 0 saturated heterocycles. The van der Waals surface area contributed by atoms with E-state index in [9.17, 15) is 19.5 Å². The number of nitrogens with one attached hydrogen (secondary N) is 1. The number of hydrogen-bond acceptors (Lipinski definition) is 3. The first-order valence-electron chi connectivity index (χ1n) is 12.9. The standard InChI is InChI=1S/C31H32ClN3O4/c1-4-21-9-11-22(12-10-21)23-13-15-24(16-14-23)29(36)34(3)17-6-18-35-28(25-7-5-8-26(32)19-25)27(30(37)38)20(2)33-31(35)39/h5,7-16,19,28H,4,6,17-18H2,1-3H3,(H,33,39)(H,37,38). The fourth-order valence-electron chi connectivity index (χ4n) is 4.85. The third-order valence-electron chi connectivity index (χ3n) is 7.01. The van der Waals surface area contributed by atoms with Crippen LogP contribution in [0, 0.1) is 0 Å². The van der Waals surface area contributed by atoms with Crippen LogP contribution in [-0.4, -0.2) is 53.0 Å². The van der Waals surface area contributed by atoms with Crippen LogP contribution in [0.1, 0.15) is 47.8 Å². The van der Waals surface area contributed by atoms with Crippen molar-refractivity contribution >= 4 is 29.5 Å². The lowest BCUT2D eigenvalue weighted by molar-refractivity contribution is -0.133. The molecule has 3 amide bonds. The van der Waals surface area contributed by atoms with Gasteiger partial charge in [-0.1, -0.05) is 67.1 Å². The number of benzene rings is 3. The number of aliphatic carboxylic acids is 1. The Hall–Kier alpha value is -4.10. The Labute approximate surface area is 233 Å². The molecule has 0 aliphatic carbocycles. The lowest BCUT2D eigenvalue weighted by Crippen LogP contribution is -2.49. The van der Waals surface area contributed by atoms with Gasteiger partial charge in [-0.15, -0.1) is 0 Å². The van der Waals surface area contributed by atoms with Crippen LogP contribution >= 0.6 is 11.6 Å². The van der Waals surface area contributed by atoms with Crippen molar-refractivity contribution in [2.24, 2.45) is 0 Å². The highest BCUT2D eigenvalue weighted by Gasteiger charge is 2.37. The molecule has 4 rings (SSSR count). The number of carboxylic acids is 1. The van der Waals surface area contributed by atoms with Gasteiger partial charge in [0.15, 0.2) is 0 Å². The molecule has 2 N–H and O–H groups in total. The van der Waals surface area contributed by atoms with Crippen molar-refractivity contribution in [2.75, 3.05) is 20.1 Å². The summed E-state index contributed by atoms with van der Waals surface area (Å²) in [6.07, 6.45) is 1.45. The van der Waals surface area contributed by atoms with Gasteiger partial charge in [0.1, 0.15) is 0 Å². The van der Waals surface area contributed by atoms with Crippen LogP contribution in [-0.2, 0) is 11.2 Å². The molecule has 8 heteroatoms. The molecule has 0 saturated carbocycles. The van der Waals surface area contributed by atoms with Gasteiger partial charge >= 0.3 is 12.0 Å². The van der Waals surface area contributed by atoms with Crippen molar-refractivity contribution in [1.82, 2.24) is 15.1 Å². The number of carboxylic acid groups (broad SMARTS) is 1. The van der Waals surface area contributed by atoms with E-state index in [1.165, 1.54) is 10.5 Å². The molecule has 1 aliphatic rings. The number of halogens is 1. The zero-order valence-electron chi connectivity index (χ0n) is 22.3. The van der Waals surface area contributed by atoms with E-state index in [4.69, 9.17) is 11.6 Å². The van der Waals surface area contributed by atoms with Gasteiger partial charge < -0.3 is 20.2 Å². The molecule has 1 unspecified atom stereocenters. The van der Waals surface area contributed by atoms with Crippen molar-refractivity contribution < 1.29 is 19.5 Å². The third kappa shape index (κ3) is 6.32. The predicted octanol–water partition coefficient (Wildman–Crippen LogP) is 6.16. The fraction of sp³-hybridized carbons (Fsp3) is 0.258. The van der Waals surface area contributed by atoms with Crippen LogP contribution in [0.15, 0.2) is 84.1 Å². The van der Waals surface area contributed by atoms with E-state index in [0.717, 1.165) is 17.5 Å². The van der Waals surface area contributed by atoms with Gasteiger partial charge in [-0.3, -0.25) is 4.79 Å². The summed E-state index contributed by atoms with van der Waals surface area (Å²) in [5, 5.41) is 13.0. The highest BCUT2D eigenvalue weighted by atomic mass is 35.5. The lowest BCUT2D eigenvalue weighted by Gasteiger charge is -2.37. The lowest BCUT2D eigenvalue weighted by atomic mass is 9.93. The first kappa shape index (κ1) is 27.9. The third-order valence-corrected chi connectivity index (χ3v) is 7.24. The van der Waals surface area contributed by atoms with Gasteiger partial charge in [-0.05, 0) is 66.3 Å². The summed E-state index contributed by atoms with van der Waals surface area (Å²) in [6.45, 7) is 4.33. The topological polar surface area (TPSA) is 90.0 Å². The number of nitrogens with zero attached hydrogens (tertiary/aromatic N) is 2. The zero-order chi connectivity index (χ0) is 28.1. The van der Waals surface area contributed by atoms with Crippen molar-refractivity contribution in [1.29, 1.82) is 0 Å². The maximum Gasteiger partial charge on any atom is 0.335 e. The zero-order valence-corrected chi connectivity index (χ0v) is 23.0. The average molecular weight is 546 g/mol. The van der Waals surface area contributed by atoms with Gasteiger partial charge in [0, 0.05) is 36.4 Å². The second-order valence-corrected chi connectivity index (χ2v) is 10.1. The van der Waals surface area contributed by atoms with Crippen LogP contribution in [0.3, 0.4) is 0 Å². The van der Waals surface area contributed by atoms with Crippen molar-refractivity contribution in [3.8, 4) is 11.1 Å². The molecular weight excluding hydrogens is 514 g/mol. The summed E-state index contributed by atoms with van der Waals surface area (Å²) in [5.41, 5.74) is 4.99. The Morgan fingerprint density at radius 1 is 1.03 bits per heavy atom. The molecule has 202 valence electrons. The van der Waals surface area contributed by atoms with Gasteiger partial charge in [-0.25, -0.2) is 9.59 Å². The van der Waals surface area contributed by atoms with Crippen molar-refractivity contribution in [3.05, 3.63) is 106 Å². The number of hydrogen-bond donors (Lipinski definition) is 2. The van der Waals surface area contributed by atoms with Crippen LogP contribution in [0.25, 0.3) is 11.1 Å². The number of amides is 3. The molecule has 1 aliphatic heterocycles. The van der Waals surface area contributed by atoms with E-state index in [1.807, 2.05) is 24.3 Å². The second-order valence-electron chi connectivity index (χ2n) is 9.63. The molecular formula is C31H32ClN3O4. The molecule has 3 aromatic rings. The SMILES string of the molecule is CCc1ccc(-c2ccc(C(=O)N(C)CCCN3C(=O)NC(C)=C(C(=O)O)C3c3cccc(Cl)c3)cc2)cc1. The Balaban J connectivity index is 1.43. The Morgan fingerprint density at radius 3 is 2.26 bits per heavy atom. The highest BCUT2D eigenvalue weighted by molar-refractivity contribution is 6.30. The Bertz CT molecular complexity index is 1400. The summed E-state index contributed by atoms with van der Waals surface area (Å²) in [6, 6.07) is 21.6. The summed E-state index contributed by atoms with van der Waals surface area (Å²) in [5.74, 6) is -1.24. The van der Waals surface area contributed by atoms with Gasteiger partial charge in [0.25, 0.3) is 5.91 Å². The number of carbonyl (C=O) groups excluding carboxylic acids is 2. The maximum absolute atomic E-state index is 13.1. The van der Waals surface area contributed by atoms with E-state index in [2.05, 4.69) is 36.5 Å². The first-order valence-corrected chi connectivity index (χ1v) is 13.3. The minimum Gasteiger partial charge on any atom is -0.478 e. The quantitative estimate of drug-likeness (QED) is 0.337. The molecule has 1 heterocycles. The maximum atomic E-state index is 13.1. The molecule has 0 radical (unpaired) electrons. The molecule has 0 spiro atoms. The van der Waals surface area contributed by atoms with Crippen LogP contribution in [0.2, 0.25) is 5.02 Å². The molecule has 0 fully saturated rings. The second kappa shape index (κ2) is 12.2. The van der Waals surface area contributed by atoms with E-state index >= 15 is 0 Å². The van der Waals surface area contributed by atoms with Crippen LogP contribution < -0.4 is 5.32 Å². The molecule has 39 heavy (non-hydrogen) atoms. The van der Waals surface area contributed by atoms with Gasteiger partial charge in [-0.2, -0.15) is 0 Å². The Kier molecular flexibility index (Phi) is 8.72. The van der Waals surface area contributed by atoms with Crippen molar-refractivity contribution in [3.63, 3.8) is 0 Å². The summed E-state index contributed by atoms with van der Waals surface area (Å²) in [4.78, 5) is 41.2. The summed E-state index contributed by atoms with van der Waals surface area (Å²) >= 11 is 6.18. The molecule has 7 nitrogen and oxygen atoms in total. The average Bonchev–Trinajstić information content (AvgIpc) is 2.93. The number of aryl methyl sites for hydroxylation is 1. The van der Waals surface area contributed by atoms with Gasteiger partial charge in [0.2, 0.25) is 0 Å². The monoisotopic (exact) mass is 545 g/mol. The number of rotatable bonds is 9. The number of urea groups is 1. The number of carbonyl (C=O) groups is 3. The number of allylic oxidation sites excluding steroid dienone is 1. The summed E-state index contributed by atoms with van der Waals surface area (Å²) < 4.78 is 0. The Morgan fingerprint density at radius 2 is 1.67 bits per heavy atom. The van der Waals surface area contributed by atoms with E-state index < -0.39 is 12.0 Å². The summed E-state index contributed by atoms with van der Waals surface area (Å²) in [7, 11) is 1.72. The first-order chi connectivity index (χ1) is 18.7. The van der Waals surface area contributed by atoms with Crippen LogP contribution in [0.5, 0.6) is 0 Å². The van der Waals surface area contributed by atoms with E-state index in [1.54, 1.807) is 43.1 Å². The normalized spacial score (nSPS) is 15.2. The molecule has 1 atom stereocenters. The highest BCUT2D eigenvalue weighted by Crippen LogP contribution is 2.34. The molecule has 0 aromatic heterocycles. The molecule has 3 aromatic carbocycles. The van der Waals surface area contributed by atoms with Crippen molar-refractivity contribution in [2.45, 2.75) is 32.7 Å². The minimum absolute atomic E-state index is 0.0886. The molecule has 0 bridgehead atoms. The van der Waals surface area contributed by atoms with Crippen LogP contribution in [0.4, 0.5) is 4.79 Å². The van der Waals surface area contributed by atoms with E-state index in [0.29, 0.717) is 34.8 Å². The fourth-order valence-corrected chi connectivity index (χ4v) is 5.05. The van der Waals surface area contributed by atoms with Gasteiger partial charge in [0.05, 0.1) is 11.6 Å². The van der Waals surface area contributed by atoms with E-state index in [-0.39, 0.29) is 24.1 Å². The smallest absolute Gasteiger partial charge is 0.335 e. The largest absolute Gasteiger partial charge is 0.478 e.